The molecule has 0 bridgehead atoms. The quantitative estimate of drug-likeness (QED) is 0.592. The molecule has 1 N–H and O–H groups in total. The summed E-state index contributed by atoms with van der Waals surface area (Å²) in [6.07, 6.45) is 1.41. The number of hydrogen-bond donors (Lipinski definition) is 1. The lowest BCUT2D eigenvalue weighted by Crippen LogP contribution is -2.49. The zero-order valence-corrected chi connectivity index (χ0v) is 19.2. The second kappa shape index (κ2) is 12.0. The smallest absolute Gasteiger partial charge is 0.242 e. The Labute approximate surface area is 185 Å². The van der Waals surface area contributed by atoms with Crippen LogP contribution in [0.2, 0.25) is 0 Å². The molecule has 0 unspecified atom stereocenters. The van der Waals surface area contributed by atoms with Crippen LogP contribution in [0.1, 0.15) is 43.4 Å². The molecular formula is C25H34N2O4. The van der Waals surface area contributed by atoms with E-state index >= 15 is 0 Å². The van der Waals surface area contributed by atoms with Gasteiger partial charge >= 0.3 is 0 Å². The van der Waals surface area contributed by atoms with Gasteiger partial charge in [0.15, 0.2) is 11.5 Å². The minimum atomic E-state index is -0.502. The van der Waals surface area contributed by atoms with Crippen LogP contribution < -0.4 is 14.8 Å². The molecule has 0 spiro atoms. The summed E-state index contributed by atoms with van der Waals surface area (Å²) in [5, 5.41) is 2.87. The number of likely N-dealkylation sites (N-methyl/N-ethyl adjacent to an activating group) is 1. The molecule has 168 valence electrons. The number of hydrogen-bond acceptors (Lipinski definition) is 4. The Morgan fingerprint density at radius 2 is 1.74 bits per heavy atom. The molecule has 0 aromatic heterocycles. The van der Waals surface area contributed by atoms with E-state index in [9.17, 15) is 9.59 Å². The third-order valence-electron chi connectivity index (χ3n) is 5.25. The van der Waals surface area contributed by atoms with Crippen LogP contribution >= 0.6 is 0 Å². The average Bonchev–Trinajstić information content (AvgIpc) is 2.77. The zero-order valence-electron chi connectivity index (χ0n) is 19.2. The first-order valence-electron chi connectivity index (χ1n) is 10.8. The first-order chi connectivity index (χ1) is 14.9. The number of carbonyl (C=O) groups excluding carboxylic acids is 2. The number of rotatable bonds is 11. The summed E-state index contributed by atoms with van der Waals surface area (Å²) in [6.45, 7) is 6.78. The molecule has 0 saturated carbocycles. The van der Waals surface area contributed by atoms with Crippen LogP contribution in [0.3, 0.4) is 0 Å². The van der Waals surface area contributed by atoms with Gasteiger partial charge in [-0.15, -0.1) is 0 Å². The maximum atomic E-state index is 13.3. The van der Waals surface area contributed by atoms with Crippen LogP contribution in [0.4, 0.5) is 0 Å². The molecule has 6 heteroatoms. The van der Waals surface area contributed by atoms with Gasteiger partial charge in [0.05, 0.1) is 14.2 Å². The molecule has 31 heavy (non-hydrogen) atoms. The SMILES string of the molecule is CCNC(=O)[C@H](CC)N(Cc1cccc(C)c1)C(=O)CCc1ccc(OC)c(OC)c1. The molecule has 0 saturated heterocycles. The van der Waals surface area contributed by atoms with Crippen LogP contribution in [0, 0.1) is 6.92 Å². The molecular weight excluding hydrogens is 392 g/mol. The maximum Gasteiger partial charge on any atom is 0.242 e. The third-order valence-corrected chi connectivity index (χ3v) is 5.25. The fourth-order valence-corrected chi connectivity index (χ4v) is 3.65. The first-order valence-corrected chi connectivity index (χ1v) is 10.8. The Balaban J connectivity index is 2.21. The van der Waals surface area contributed by atoms with Crippen molar-refractivity contribution in [1.29, 1.82) is 0 Å². The second-order valence-electron chi connectivity index (χ2n) is 7.52. The third kappa shape index (κ3) is 6.74. The van der Waals surface area contributed by atoms with E-state index in [2.05, 4.69) is 11.4 Å². The number of nitrogens with zero attached hydrogens (tertiary/aromatic N) is 1. The number of ether oxygens (including phenoxy) is 2. The highest BCUT2D eigenvalue weighted by molar-refractivity contribution is 5.87. The van der Waals surface area contributed by atoms with Gasteiger partial charge in [-0.3, -0.25) is 9.59 Å². The van der Waals surface area contributed by atoms with Crippen LogP contribution in [0.15, 0.2) is 42.5 Å². The number of carbonyl (C=O) groups is 2. The fourth-order valence-electron chi connectivity index (χ4n) is 3.65. The lowest BCUT2D eigenvalue weighted by atomic mass is 10.0. The number of methoxy groups -OCH3 is 2. The second-order valence-corrected chi connectivity index (χ2v) is 7.52. The Kier molecular flexibility index (Phi) is 9.38. The summed E-state index contributed by atoms with van der Waals surface area (Å²) in [5.74, 6) is 1.13. The van der Waals surface area contributed by atoms with E-state index in [1.54, 1.807) is 19.1 Å². The Morgan fingerprint density at radius 1 is 1.00 bits per heavy atom. The van der Waals surface area contributed by atoms with Crippen LogP contribution in [0.5, 0.6) is 11.5 Å². The van der Waals surface area contributed by atoms with Crippen LogP contribution in [0.25, 0.3) is 0 Å². The van der Waals surface area contributed by atoms with Gasteiger partial charge in [0.1, 0.15) is 6.04 Å². The minimum absolute atomic E-state index is 0.0469. The van der Waals surface area contributed by atoms with Crippen LogP contribution in [-0.4, -0.2) is 43.5 Å². The highest BCUT2D eigenvalue weighted by Gasteiger charge is 2.28. The molecule has 0 aliphatic carbocycles. The van der Waals surface area contributed by atoms with E-state index in [-0.39, 0.29) is 11.8 Å². The summed E-state index contributed by atoms with van der Waals surface area (Å²) >= 11 is 0. The Bertz CT molecular complexity index is 882. The van der Waals surface area contributed by atoms with Crippen molar-refractivity contribution in [3.05, 3.63) is 59.2 Å². The average molecular weight is 427 g/mol. The maximum absolute atomic E-state index is 13.3. The van der Waals surface area contributed by atoms with Crippen molar-refractivity contribution in [3.8, 4) is 11.5 Å². The van der Waals surface area contributed by atoms with Gasteiger partial charge in [-0.05, 0) is 49.9 Å². The molecule has 0 aliphatic heterocycles. The van der Waals surface area contributed by atoms with Gasteiger partial charge < -0.3 is 19.7 Å². The van der Waals surface area contributed by atoms with Gasteiger partial charge in [0.25, 0.3) is 0 Å². The number of amides is 2. The van der Waals surface area contributed by atoms with Crippen molar-refractivity contribution in [2.24, 2.45) is 0 Å². The van der Waals surface area contributed by atoms with E-state index in [0.717, 1.165) is 16.7 Å². The topological polar surface area (TPSA) is 67.9 Å². The minimum Gasteiger partial charge on any atom is -0.493 e. The Hall–Kier alpha value is -3.02. The fraction of sp³-hybridized carbons (Fsp3) is 0.440. The number of benzene rings is 2. The molecule has 6 nitrogen and oxygen atoms in total. The van der Waals surface area contributed by atoms with Crippen molar-refractivity contribution in [2.45, 2.75) is 52.6 Å². The van der Waals surface area contributed by atoms with E-state index in [1.165, 1.54) is 0 Å². The molecule has 2 amide bonds. The Morgan fingerprint density at radius 3 is 2.35 bits per heavy atom. The van der Waals surface area contributed by atoms with Gasteiger partial charge in [-0.2, -0.15) is 0 Å². The van der Waals surface area contributed by atoms with Gasteiger partial charge in [-0.25, -0.2) is 0 Å². The summed E-state index contributed by atoms with van der Waals surface area (Å²) in [6, 6.07) is 13.2. The molecule has 0 aliphatic rings. The standard InChI is InChI=1S/C25H34N2O4/c1-6-21(25(29)26-7-2)27(17-20-10-8-9-18(3)15-20)24(28)14-12-19-11-13-22(30-4)23(16-19)31-5/h8-11,13,15-16,21H,6-7,12,14,17H2,1-5H3,(H,26,29)/t21-/m0/s1. The van der Waals surface area contributed by atoms with Gasteiger partial charge in [-0.1, -0.05) is 42.8 Å². The van der Waals surface area contributed by atoms with E-state index < -0.39 is 6.04 Å². The molecule has 0 fully saturated rings. The molecule has 0 heterocycles. The molecule has 2 aromatic carbocycles. The summed E-state index contributed by atoms with van der Waals surface area (Å²) < 4.78 is 10.6. The predicted molar refractivity (Wildman–Crippen MR) is 122 cm³/mol. The van der Waals surface area contributed by atoms with E-state index in [1.807, 2.05) is 57.2 Å². The highest BCUT2D eigenvalue weighted by atomic mass is 16.5. The molecule has 1 atom stereocenters. The van der Waals surface area contributed by atoms with Crippen LogP contribution in [-0.2, 0) is 22.6 Å². The van der Waals surface area contributed by atoms with Crippen molar-refractivity contribution in [1.82, 2.24) is 10.2 Å². The van der Waals surface area contributed by atoms with E-state index in [4.69, 9.17) is 9.47 Å². The van der Waals surface area contributed by atoms with E-state index in [0.29, 0.717) is 43.9 Å². The summed E-state index contributed by atoms with van der Waals surface area (Å²) in [5.41, 5.74) is 3.12. The summed E-state index contributed by atoms with van der Waals surface area (Å²) in [4.78, 5) is 27.7. The number of aryl methyl sites for hydroxylation is 2. The highest BCUT2D eigenvalue weighted by Crippen LogP contribution is 2.28. The zero-order chi connectivity index (χ0) is 22.8. The summed E-state index contributed by atoms with van der Waals surface area (Å²) in [7, 11) is 3.19. The molecule has 2 rings (SSSR count). The predicted octanol–water partition coefficient (Wildman–Crippen LogP) is 3.89. The lowest BCUT2D eigenvalue weighted by Gasteiger charge is -2.30. The largest absolute Gasteiger partial charge is 0.493 e. The number of nitrogens with one attached hydrogen (secondary N) is 1. The van der Waals surface area contributed by atoms with Crippen molar-refractivity contribution < 1.29 is 19.1 Å². The van der Waals surface area contributed by atoms with Crippen molar-refractivity contribution >= 4 is 11.8 Å². The normalized spacial score (nSPS) is 11.5. The van der Waals surface area contributed by atoms with Gasteiger partial charge in [0, 0.05) is 19.5 Å². The first kappa shape index (κ1) is 24.3. The van der Waals surface area contributed by atoms with Crippen molar-refractivity contribution in [3.63, 3.8) is 0 Å². The lowest BCUT2D eigenvalue weighted by molar-refractivity contribution is -0.141. The monoisotopic (exact) mass is 426 g/mol. The molecule has 2 aromatic rings. The van der Waals surface area contributed by atoms with Crippen molar-refractivity contribution in [2.75, 3.05) is 20.8 Å². The van der Waals surface area contributed by atoms with Gasteiger partial charge in [0.2, 0.25) is 11.8 Å². The molecule has 0 radical (unpaired) electrons.